The van der Waals surface area contributed by atoms with Crippen molar-refractivity contribution < 1.29 is 13.2 Å². The highest BCUT2D eigenvalue weighted by Gasteiger charge is 2.14. The topological polar surface area (TPSA) is 51.2 Å². The van der Waals surface area contributed by atoms with Gasteiger partial charge in [0.25, 0.3) is 0 Å². The Kier molecular flexibility index (Phi) is 5.70. The zero-order chi connectivity index (χ0) is 15.6. The quantitative estimate of drug-likeness (QED) is 0.472. The van der Waals surface area contributed by atoms with Crippen LogP contribution in [0.25, 0.3) is 0 Å². The molecule has 0 saturated carbocycles. The van der Waals surface area contributed by atoms with Crippen LogP contribution >= 0.6 is 55.0 Å². The molecule has 0 fully saturated rings. The first-order chi connectivity index (χ1) is 9.77. The van der Waals surface area contributed by atoms with Gasteiger partial charge < -0.3 is 0 Å². The summed E-state index contributed by atoms with van der Waals surface area (Å²) in [5.41, 5.74) is 0.659. The van der Waals surface area contributed by atoms with Crippen LogP contribution in [0.4, 0.5) is 0 Å². The molecule has 0 radical (unpaired) electrons. The van der Waals surface area contributed by atoms with Crippen molar-refractivity contribution >= 4 is 70.6 Å². The van der Waals surface area contributed by atoms with E-state index in [-0.39, 0.29) is 10.7 Å². The second-order valence-electron chi connectivity index (χ2n) is 4.19. The molecule has 2 aromatic rings. The molecule has 0 unspecified atom stereocenters. The number of benzene rings is 1. The monoisotopic (exact) mass is 468 g/mol. The Labute approximate surface area is 148 Å². The summed E-state index contributed by atoms with van der Waals surface area (Å²) in [6, 6.07) is 8.34. The SMILES string of the molecule is CS(=O)(=O)c1ccc(SCC(=O)c2cc(Br)sc2Br)cc1. The van der Waals surface area contributed by atoms with E-state index in [4.69, 9.17) is 0 Å². The minimum absolute atomic E-state index is 0.0287. The van der Waals surface area contributed by atoms with Crippen LogP contribution in [0.3, 0.4) is 0 Å². The third kappa shape index (κ3) is 4.66. The lowest BCUT2D eigenvalue weighted by Gasteiger charge is -2.02. The molecular weight excluding hydrogens is 460 g/mol. The van der Waals surface area contributed by atoms with Crippen LogP contribution in [0.15, 0.2) is 47.7 Å². The number of Topliss-reactive ketones (excluding diaryl/α,β-unsaturated/α-hetero) is 1. The van der Waals surface area contributed by atoms with E-state index < -0.39 is 9.84 Å². The van der Waals surface area contributed by atoms with Gasteiger partial charge in [0.1, 0.15) is 0 Å². The molecule has 0 aliphatic carbocycles. The number of sulfone groups is 1. The van der Waals surface area contributed by atoms with Gasteiger partial charge in [-0.25, -0.2) is 8.42 Å². The highest BCUT2D eigenvalue weighted by Crippen LogP contribution is 2.33. The molecule has 1 heterocycles. The normalized spacial score (nSPS) is 11.6. The van der Waals surface area contributed by atoms with Crippen molar-refractivity contribution in [2.75, 3.05) is 12.0 Å². The molecule has 8 heteroatoms. The van der Waals surface area contributed by atoms with Crippen LogP contribution in [-0.4, -0.2) is 26.2 Å². The highest BCUT2D eigenvalue weighted by molar-refractivity contribution is 9.12. The number of carbonyl (C=O) groups is 1. The highest BCUT2D eigenvalue weighted by atomic mass is 79.9. The molecule has 3 nitrogen and oxygen atoms in total. The van der Waals surface area contributed by atoms with Gasteiger partial charge in [0.2, 0.25) is 0 Å². The third-order valence-corrected chi connectivity index (χ3v) is 7.06. The molecule has 0 amide bonds. The van der Waals surface area contributed by atoms with Crippen LogP contribution in [0.2, 0.25) is 0 Å². The van der Waals surface area contributed by atoms with Gasteiger partial charge in [0, 0.05) is 16.7 Å². The number of rotatable bonds is 5. The first-order valence-electron chi connectivity index (χ1n) is 5.68. The molecule has 1 aromatic carbocycles. The Bertz CT molecular complexity index is 764. The number of carbonyl (C=O) groups excluding carboxylic acids is 1. The maximum absolute atomic E-state index is 12.1. The molecule has 1 aromatic heterocycles. The Morgan fingerprint density at radius 3 is 2.33 bits per heavy atom. The molecule has 112 valence electrons. The van der Waals surface area contributed by atoms with E-state index in [2.05, 4.69) is 31.9 Å². The van der Waals surface area contributed by atoms with Crippen molar-refractivity contribution in [3.63, 3.8) is 0 Å². The lowest BCUT2D eigenvalue weighted by Crippen LogP contribution is -2.01. The summed E-state index contributed by atoms with van der Waals surface area (Å²) in [5, 5.41) is 0. The molecule has 0 aliphatic rings. The molecular formula is C13H10Br2O3S3. The number of thiophene rings is 1. The summed E-state index contributed by atoms with van der Waals surface area (Å²) >= 11 is 9.56. The lowest BCUT2D eigenvalue weighted by molar-refractivity contribution is 0.102. The summed E-state index contributed by atoms with van der Waals surface area (Å²) < 4.78 is 24.4. The van der Waals surface area contributed by atoms with E-state index in [0.29, 0.717) is 11.3 Å². The Hall–Kier alpha value is -0.150. The molecule has 0 atom stereocenters. The number of ketones is 1. The number of thioether (sulfide) groups is 1. The summed E-state index contributed by atoms with van der Waals surface area (Å²) in [6.45, 7) is 0. The number of hydrogen-bond acceptors (Lipinski definition) is 5. The molecule has 0 saturated heterocycles. The summed E-state index contributed by atoms with van der Waals surface area (Å²) in [7, 11) is -3.18. The predicted molar refractivity (Wildman–Crippen MR) is 94.3 cm³/mol. The largest absolute Gasteiger partial charge is 0.293 e. The summed E-state index contributed by atoms with van der Waals surface area (Å²) in [5.74, 6) is 0.334. The zero-order valence-electron chi connectivity index (χ0n) is 10.8. The second-order valence-corrected chi connectivity index (χ2v) is 11.0. The molecule has 0 aliphatic heterocycles. The van der Waals surface area contributed by atoms with E-state index in [1.807, 2.05) is 0 Å². The average Bonchev–Trinajstić information content (AvgIpc) is 2.74. The second kappa shape index (κ2) is 6.95. The van der Waals surface area contributed by atoms with Crippen molar-refractivity contribution in [1.29, 1.82) is 0 Å². The summed E-state index contributed by atoms with van der Waals surface area (Å²) in [6.07, 6.45) is 1.17. The van der Waals surface area contributed by atoms with Crippen molar-refractivity contribution in [2.45, 2.75) is 9.79 Å². The van der Waals surface area contributed by atoms with Gasteiger partial charge in [-0.3, -0.25) is 4.79 Å². The van der Waals surface area contributed by atoms with Crippen molar-refractivity contribution in [3.05, 3.63) is 43.5 Å². The first-order valence-corrected chi connectivity index (χ1v) is 11.0. The molecule has 0 N–H and O–H groups in total. The van der Waals surface area contributed by atoms with Gasteiger partial charge in [0.05, 0.1) is 18.2 Å². The average molecular weight is 470 g/mol. The minimum atomic E-state index is -3.18. The lowest BCUT2D eigenvalue weighted by atomic mass is 10.2. The van der Waals surface area contributed by atoms with Gasteiger partial charge in [-0.05, 0) is 62.2 Å². The van der Waals surface area contributed by atoms with Crippen molar-refractivity contribution in [3.8, 4) is 0 Å². The van der Waals surface area contributed by atoms with Crippen molar-refractivity contribution in [2.24, 2.45) is 0 Å². The van der Waals surface area contributed by atoms with Gasteiger partial charge in [-0.2, -0.15) is 0 Å². The molecule has 21 heavy (non-hydrogen) atoms. The molecule has 2 rings (SSSR count). The Morgan fingerprint density at radius 2 is 1.86 bits per heavy atom. The van der Waals surface area contributed by atoms with E-state index in [1.54, 1.807) is 30.3 Å². The van der Waals surface area contributed by atoms with E-state index in [9.17, 15) is 13.2 Å². The minimum Gasteiger partial charge on any atom is -0.293 e. The Morgan fingerprint density at radius 1 is 1.24 bits per heavy atom. The number of hydrogen-bond donors (Lipinski definition) is 0. The van der Waals surface area contributed by atoms with Crippen LogP contribution < -0.4 is 0 Å². The molecule has 0 spiro atoms. The third-order valence-electron chi connectivity index (χ3n) is 2.58. The Balaban J connectivity index is 2.03. The number of halogens is 2. The molecule has 0 bridgehead atoms. The van der Waals surface area contributed by atoms with Gasteiger partial charge >= 0.3 is 0 Å². The standard InChI is InChI=1S/C13H10Br2O3S3/c1-21(17,18)9-4-2-8(3-5-9)19-7-11(16)10-6-12(14)20-13(10)15/h2-6H,7H2,1H3. The van der Waals surface area contributed by atoms with E-state index in [1.165, 1.54) is 29.4 Å². The van der Waals surface area contributed by atoms with E-state index in [0.717, 1.165) is 12.5 Å². The van der Waals surface area contributed by atoms with Crippen LogP contribution in [-0.2, 0) is 9.84 Å². The van der Waals surface area contributed by atoms with Crippen LogP contribution in [0.5, 0.6) is 0 Å². The van der Waals surface area contributed by atoms with Gasteiger partial charge in [-0.1, -0.05) is 0 Å². The first kappa shape index (κ1) is 17.2. The van der Waals surface area contributed by atoms with Gasteiger partial charge in [-0.15, -0.1) is 23.1 Å². The fraction of sp³-hybridized carbons (Fsp3) is 0.154. The fourth-order valence-electron chi connectivity index (χ4n) is 1.54. The van der Waals surface area contributed by atoms with Crippen LogP contribution in [0.1, 0.15) is 10.4 Å². The van der Waals surface area contributed by atoms with E-state index >= 15 is 0 Å². The smallest absolute Gasteiger partial charge is 0.175 e. The zero-order valence-corrected chi connectivity index (χ0v) is 16.4. The maximum atomic E-state index is 12.1. The van der Waals surface area contributed by atoms with Crippen molar-refractivity contribution in [1.82, 2.24) is 0 Å². The van der Waals surface area contributed by atoms with Crippen LogP contribution in [0, 0.1) is 0 Å². The predicted octanol–water partition coefficient (Wildman–Crippen LogP) is 4.65. The summed E-state index contributed by atoms with van der Waals surface area (Å²) in [4.78, 5) is 13.3. The maximum Gasteiger partial charge on any atom is 0.175 e. The fourth-order valence-corrected chi connectivity index (χ4v) is 5.81. The van der Waals surface area contributed by atoms with Gasteiger partial charge in [0.15, 0.2) is 15.6 Å².